The predicted octanol–water partition coefficient (Wildman–Crippen LogP) is 10.8. The Balaban J connectivity index is 1.44. The first-order valence-corrected chi connectivity index (χ1v) is 32.0. The van der Waals surface area contributed by atoms with E-state index in [4.69, 9.17) is 0 Å². The maximum absolute atomic E-state index is 3.41. The van der Waals surface area contributed by atoms with E-state index < -0.39 is 19.8 Å². The van der Waals surface area contributed by atoms with Crippen molar-refractivity contribution >= 4 is 73.2 Å². The van der Waals surface area contributed by atoms with Gasteiger partial charge in [0.15, 0.2) is 0 Å². The molecule has 0 spiro atoms. The molecule has 0 amide bonds. The maximum atomic E-state index is 2.73. The molecule has 0 aromatic heterocycles. The Morgan fingerprint density at radius 3 is 0.778 bits per heavy atom. The molecule has 7 aromatic rings. The quantitative estimate of drug-likeness (QED) is 0.124. The summed E-state index contributed by atoms with van der Waals surface area (Å²) in [6.07, 6.45) is 18.8. The van der Waals surface area contributed by atoms with Crippen molar-refractivity contribution in [3.63, 3.8) is 0 Å². The Labute approximate surface area is 379 Å². The summed E-state index contributed by atoms with van der Waals surface area (Å²) in [6, 6.07) is 79.1. The zero-order chi connectivity index (χ0) is 42.9. The number of hydrogen-bond acceptors (Lipinski definition) is 1. The number of rotatable bonds is 10. The van der Waals surface area contributed by atoms with E-state index >= 15 is 0 Å². The Hall–Kier alpha value is -4.37. The zero-order valence-corrected chi connectivity index (χ0v) is 40.6. The molecule has 0 N–H and O–H groups in total. The molecule has 0 radical (unpaired) electrons. The van der Waals surface area contributed by atoms with Crippen LogP contribution in [-0.2, 0) is 0 Å². The molecule has 0 atom stereocenters. The summed E-state index contributed by atoms with van der Waals surface area (Å²) in [5.74, 6) is 0. The summed E-state index contributed by atoms with van der Waals surface area (Å²) in [6.45, 7) is -9.63. The van der Waals surface area contributed by atoms with E-state index in [1.54, 1.807) is 47.7 Å². The van der Waals surface area contributed by atoms with Crippen molar-refractivity contribution in [3.8, 4) is 0 Å². The summed E-state index contributed by atoms with van der Waals surface area (Å²) in [7, 11) is 4.40. The van der Waals surface area contributed by atoms with Gasteiger partial charge in [-0.1, -0.05) is 0 Å². The van der Waals surface area contributed by atoms with Crippen LogP contribution in [0.25, 0.3) is 0 Å². The van der Waals surface area contributed by atoms with Gasteiger partial charge < -0.3 is 0 Å². The molecule has 4 heteroatoms. The first-order valence-electron chi connectivity index (χ1n) is 24.1. The van der Waals surface area contributed by atoms with Gasteiger partial charge in [-0.2, -0.15) is 0 Å². The predicted molar refractivity (Wildman–Crippen MR) is 288 cm³/mol. The molecular weight excluding hydrogens is 816 g/mol. The Bertz CT molecular complexity index is 2420. The van der Waals surface area contributed by atoms with Gasteiger partial charge in [0, 0.05) is 0 Å². The molecule has 10 rings (SSSR count). The number of anilines is 1. The van der Waals surface area contributed by atoms with Crippen LogP contribution in [0.15, 0.2) is 194 Å². The van der Waals surface area contributed by atoms with Gasteiger partial charge in [0.05, 0.1) is 0 Å². The van der Waals surface area contributed by atoms with Crippen LogP contribution in [0.1, 0.15) is 57.8 Å². The van der Waals surface area contributed by atoms with Crippen molar-refractivity contribution in [1.29, 1.82) is 0 Å². The number of nitrogens with zero attached hydrogens (tertiary/aromatic N) is 1. The van der Waals surface area contributed by atoms with Crippen LogP contribution in [-0.4, -0.2) is 51.1 Å². The van der Waals surface area contributed by atoms with E-state index in [1.165, 1.54) is 100 Å². The van der Waals surface area contributed by atoms with Crippen LogP contribution >= 0.6 is 19.8 Å². The first kappa shape index (κ1) is 42.6. The van der Waals surface area contributed by atoms with Crippen molar-refractivity contribution in [2.24, 2.45) is 0 Å². The molecular formula is C59H68NP3. The second kappa shape index (κ2) is 16.6. The average Bonchev–Trinajstić information content (AvgIpc) is 3.38. The second-order valence-electron chi connectivity index (χ2n) is 19.8. The van der Waals surface area contributed by atoms with E-state index in [0.717, 1.165) is 0 Å². The van der Waals surface area contributed by atoms with Gasteiger partial charge in [0.25, 0.3) is 0 Å². The average molecular weight is 884 g/mol. The first-order chi connectivity index (χ1) is 30.9. The molecule has 3 heterocycles. The van der Waals surface area contributed by atoms with Crippen LogP contribution in [0, 0.1) is 0 Å². The number of hydrogen-bond donors (Lipinski definition) is 0. The van der Waals surface area contributed by atoms with E-state index in [0.29, 0.717) is 0 Å². The summed E-state index contributed by atoms with van der Waals surface area (Å²) in [5, 5.41) is 14.8. The molecule has 7 aromatic carbocycles. The standard InChI is InChI=1S/C59H68NP3/c1-60(2)50-40-42-55(43-41-50)63(48-26-9-27-49-63,58-38-20-18-36-56(58)61(44-22-7-23-45-61,51-28-10-3-11-29-51)52-30-12-4-13-31-52)59-39-21-19-37-57(59)62(46-24-8-25-47-62,53-32-14-5-15-33-53)54-34-16-6-17-35-54/h3-6,10-21,28-43H,7-9,22-27,44-49H2,1-2H3. The molecule has 3 saturated heterocycles. The topological polar surface area (TPSA) is 3.24 Å². The molecule has 0 saturated carbocycles. The molecule has 1 nitrogen and oxygen atoms in total. The molecule has 0 aliphatic carbocycles. The van der Waals surface area contributed by atoms with Gasteiger partial charge in [0.1, 0.15) is 0 Å². The van der Waals surface area contributed by atoms with Crippen LogP contribution < -0.4 is 52.6 Å². The molecule has 3 aliphatic heterocycles. The van der Waals surface area contributed by atoms with Crippen LogP contribution in [0.4, 0.5) is 5.69 Å². The van der Waals surface area contributed by atoms with Gasteiger partial charge in [-0.05, 0) is 0 Å². The third-order valence-corrected chi connectivity index (χ3v) is 39.1. The third-order valence-electron chi connectivity index (χ3n) is 17.0. The molecule has 63 heavy (non-hydrogen) atoms. The SMILES string of the molecule is CN(C)c1ccc(P2(c3ccccc3P3(c4ccccc4)(c4ccccc4)CCCCC3)(c3ccccc3P3(c4ccccc4)(c4ccccc4)CCCCC3)CCCCC2)cc1. The zero-order valence-electron chi connectivity index (χ0n) is 37.9. The van der Waals surface area contributed by atoms with Gasteiger partial charge in [-0.15, -0.1) is 0 Å². The molecule has 324 valence electrons. The number of benzene rings is 7. The monoisotopic (exact) mass is 883 g/mol. The van der Waals surface area contributed by atoms with E-state index in [9.17, 15) is 0 Å². The van der Waals surface area contributed by atoms with Gasteiger partial charge >= 0.3 is 381 Å². The van der Waals surface area contributed by atoms with Crippen molar-refractivity contribution in [1.82, 2.24) is 0 Å². The van der Waals surface area contributed by atoms with Gasteiger partial charge in [-0.3, -0.25) is 0 Å². The molecule has 3 fully saturated rings. The van der Waals surface area contributed by atoms with Gasteiger partial charge in [0.2, 0.25) is 0 Å². The van der Waals surface area contributed by atoms with Crippen LogP contribution in [0.5, 0.6) is 0 Å². The minimum absolute atomic E-state index is 1.22. The second-order valence-corrected chi connectivity index (χ2v) is 36.0. The Morgan fingerprint density at radius 1 is 0.254 bits per heavy atom. The molecule has 0 bridgehead atoms. The van der Waals surface area contributed by atoms with Crippen molar-refractivity contribution < 1.29 is 0 Å². The summed E-state index contributed by atoms with van der Waals surface area (Å²) < 4.78 is 0. The molecule has 3 aliphatic rings. The fourth-order valence-corrected chi connectivity index (χ4v) is 39.0. The Kier molecular flexibility index (Phi) is 11.2. The van der Waals surface area contributed by atoms with Crippen molar-refractivity contribution in [3.05, 3.63) is 194 Å². The normalized spacial score (nSPS) is 22.5. The van der Waals surface area contributed by atoms with E-state index in [-0.39, 0.29) is 0 Å². The van der Waals surface area contributed by atoms with E-state index in [1.807, 2.05) is 0 Å². The minimum atomic E-state index is -3.41. The van der Waals surface area contributed by atoms with Crippen LogP contribution in [0.3, 0.4) is 0 Å². The summed E-state index contributed by atoms with van der Waals surface area (Å²) in [5.41, 5.74) is 1.28. The fourth-order valence-electron chi connectivity index (χ4n) is 14.2. The van der Waals surface area contributed by atoms with Crippen LogP contribution in [0.2, 0.25) is 0 Å². The van der Waals surface area contributed by atoms with E-state index in [2.05, 4.69) is 213 Å². The van der Waals surface area contributed by atoms with Gasteiger partial charge in [-0.25, -0.2) is 0 Å². The third kappa shape index (κ3) is 6.05. The van der Waals surface area contributed by atoms with Crippen molar-refractivity contribution in [2.75, 3.05) is 56.0 Å². The summed E-state index contributed by atoms with van der Waals surface area (Å²) >= 11 is 0. The summed E-state index contributed by atoms with van der Waals surface area (Å²) in [4.78, 5) is 2.29. The fraction of sp³-hybridized carbons (Fsp3) is 0.288. The molecule has 0 unspecified atom stereocenters. The van der Waals surface area contributed by atoms with Crippen molar-refractivity contribution in [2.45, 2.75) is 57.8 Å². The Morgan fingerprint density at radius 2 is 0.492 bits per heavy atom.